The Bertz CT molecular complexity index is 1230. The van der Waals surface area contributed by atoms with Gasteiger partial charge in [-0.2, -0.15) is 0 Å². The number of hydrogen-bond donors (Lipinski definition) is 2. The molecule has 8 unspecified atom stereocenters. The Morgan fingerprint density at radius 1 is 1.15 bits per heavy atom. The second-order valence-corrected chi connectivity index (χ2v) is 12.0. The van der Waals surface area contributed by atoms with Gasteiger partial charge in [-0.3, -0.25) is 19.7 Å². The molecule has 13 heteroatoms. The second kappa shape index (κ2) is 19.1. The van der Waals surface area contributed by atoms with E-state index >= 15 is 0 Å². The van der Waals surface area contributed by atoms with Gasteiger partial charge in [0.25, 0.3) is 0 Å². The topological polar surface area (TPSA) is 171 Å². The van der Waals surface area contributed by atoms with E-state index in [0.717, 1.165) is 24.8 Å². The number of methoxy groups -OCH3 is 1. The lowest BCUT2D eigenvalue weighted by Crippen LogP contribution is -2.46. The molecule has 13 nitrogen and oxygen atoms in total. The van der Waals surface area contributed by atoms with Gasteiger partial charge in [0.15, 0.2) is 12.2 Å². The van der Waals surface area contributed by atoms with E-state index in [1.54, 1.807) is 12.2 Å². The molecule has 3 aliphatic heterocycles. The Labute approximate surface area is 276 Å². The highest BCUT2D eigenvalue weighted by molar-refractivity contribution is 5.90. The standard InChI is InChI=1S/C34H48N2O11/c1-6-7-12-21(2)20-29(40)43-18-11-10-13-24-30(44-24)32-33(47-34(41)35-23(4)37)31-25(45-31)17-16-22(3)19-26(38)36-27(42-5)14-8-9-15-28(39)46-32/h8-10,13-15,19,21,24-25,27,30-33H,6-7,11-12,16-18,20H2,1-5H3,(H,36,38)(H,35,37,41)/b13-10+,14-8+,15-9-,22-19-. The number of hydrogen-bond acceptors (Lipinski definition) is 11. The first kappa shape index (κ1) is 37.6. The SMILES string of the molecule is CCCCC(C)CC(=O)OCC/C=C/C1OC1C1OC(=O)/C=C\C=C\C(OC)NC(=O)/C=C(/C)CCC2OC2C1OC(=O)NC(C)=O. The maximum atomic E-state index is 12.9. The Balaban J connectivity index is 1.72. The molecule has 0 spiro atoms. The number of amides is 3. The first-order valence-electron chi connectivity index (χ1n) is 16.2. The highest BCUT2D eigenvalue weighted by Crippen LogP contribution is 2.39. The molecule has 47 heavy (non-hydrogen) atoms. The molecule has 0 aromatic carbocycles. The molecule has 8 atom stereocenters. The molecule has 2 fully saturated rings. The molecule has 0 bridgehead atoms. The number of unbranched alkanes of at least 4 members (excludes halogenated alkanes) is 1. The maximum absolute atomic E-state index is 12.9. The molecule has 3 heterocycles. The van der Waals surface area contributed by atoms with Crippen molar-refractivity contribution in [3.8, 4) is 0 Å². The first-order chi connectivity index (χ1) is 22.5. The lowest BCUT2D eigenvalue weighted by atomic mass is 10.00. The summed E-state index contributed by atoms with van der Waals surface area (Å²) in [6.07, 6.45) is 9.62. The monoisotopic (exact) mass is 660 g/mol. The summed E-state index contributed by atoms with van der Waals surface area (Å²) in [5.74, 6) is -1.66. The third-order valence-corrected chi connectivity index (χ3v) is 7.74. The molecule has 2 N–H and O–H groups in total. The smallest absolute Gasteiger partial charge is 0.414 e. The van der Waals surface area contributed by atoms with Gasteiger partial charge in [0.05, 0.1) is 12.7 Å². The molecular formula is C34H48N2O11. The van der Waals surface area contributed by atoms with Crippen LogP contribution in [0.1, 0.15) is 72.6 Å². The minimum atomic E-state index is -1.10. The Kier molecular flexibility index (Phi) is 15.3. The van der Waals surface area contributed by atoms with Crippen LogP contribution in [-0.2, 0) is 47.6 Å². The highest BCUT2D eigenvalue weighted by Gasteiger charge is 2.58. The van der Waals surface area contributed by atoms with Gasteiger partial charge in [-0.25, -0.2) is 9.59 Å². The van der Waals surface area contributed by atoms with Crippen LogP contribution in [0.2, 0.25) is 0 Å². The Morgan fingerprint density at radius 2 is 1.94 bits per heavy atom. The summed E-state index contributed by atoms with van der Waals surface area (Å²) < 4.78 is 33.8. The molecular weight excluding hydrogens is 612 g/mol. The van der Waals surface area contributed by atoms with Crippen LogP contribution in [0.25, 0.3) is 0 Å². The van der Waals surface area contributed by atoms with Gasteiger partial charge in [-0.1, -0.05) is 63.0 Å². The number of alkyl carbamates (subject to hydrolysis) is 1. The van der Waals surface area contributed by atoms with E-state index in [4.69, 9.17) is 28.4 Å². The number of fused-ring (bicyclic) bond motifs is 1. The predicted molar refractivity (Wildman–Crippen MR) is 170 cm³/mol. The van der Waals surface area contributed by atoms with Crippen molar-refractivity contribution in [1.29, 1.82) is 0 Å². The largest absolute Gasteiger partial charge is 0.465 e. The Hall–Kier alpha value is -3.81. The summed E-state index contributed by atoms with van der Waals surface area (Å²) in [5, 5.41) is 4.78. The minimum Gasteiger partial charge on any atom is -0.465 e. The lowest BCUT2D eigenvalue weighted by Gasteiger charge is -2.24. The fourth-order valence-electron chi connectivity index (χ4n) is 5.15. The lowest BCUT2D eigenvalue weighted by molar-refractivity contribution is -0.152. The van der Waals surface area contributed by atoms with Crippen LogP contribution in [0.3, 0.4) is 0 Å². The number of imide groups is 1. The molecule has 0 aromatic heterocycles. The van der Waals surface area contributed by atoms with Crippen LogP contribution in [0, 0.1) is 5.92 Å². The summed E-state index contributed by atoms with van der Waals surface area (Å²) in [5.41, 5.74) is 0.793. The zero-order valence-corrected chi connectivity index (χ0v) is 27.8. The van der Waals surface area contributed by atoms with E-state index < -0.39 is 54.7 Å². The quantitative estimate of drug-likeness (QED) is 0.103. The van der Waals surface area contributed by atoms with E-state index in [1.165, 1.54) is 38.3 Å². The molecule has 3 rings (SSSR count). The molecule has 260 valence electrons. The van der Waals surface area contributed by atoms with Crippen LogP contribution >= 0.6 is 0 Å². The Morgan fingerprint density at radius 3 is 2.66 bits per heavy atom. The number of esters is 2. The number of epoxide rings is 2. The van der Waals surface area contributed by atoms with Gasteiger partial charge < -0.3 is 33.7 Å². The van der Waals surface area contributed by atoms with E-state index in [2.05, 4.69) is 17.6 Å². The first-order valence-corrected chi connectivity index (χ1v) is 16.2. The van der Waals surface area contributed by atoms with Crippen LogP contribution < -0.4 is 10.6 Å². The van der Waals surface area contributed by atoms with E-state index in [-0.39, 0.29) is 30.5 Å². The van der Waals surface area contributed by atoms with Crippen LogP contribution in [0.5, 0.6) is 0 Å². The van der Waals surface area contributed by atoms with Crippen molar-refractivity contribution in [2.45, 2.75) is 115 Å². The van der Waals surface area contributed by atoms with Crippen molar-refractivity contribution in [1.82, 2.24) is 10.6 Å². The van der Waals surface area contributed by atoms with Crippen LogP contribution in [0.4, 0.5) is 4.79 Å². The zero-order chi connectivity index (χ0) is 34.3. The van der Waals surface area contributed by atoms with E-state index in [9.17, 15) is 24.0 Å². The second-order valence-electron chi connectivity index (χ2n) is 12.0. The molecule has 2 saturated heterocycles. The summed E-state index contributed by atoms with van der Waals surface area (Å²) >= 11 is 0. The molecule has 0 saturated carbocycles. The average molecular weight is 661 g/mol. The summed E-state index contributed by atoms with van der Waals surface area (Å²) in [6, 6.07) is 0. The molecule has 3 aliphatic rings. The number of carbonyl (C=O) groups is 5. The van der Waals surface area contributed by atoms with E-state index in [0.29, 0.717) is 25.7 Å². The van der Waals surface area contributed by atoms with Crippen molar-refractivity contribution in [3.05, 3.63) is 48.1 Å². The number of ether oxygens (including phenoxy) is 6. The molecule has 3 amide bonds. The predicted octanol–water partition coefficient (Wildman–Crippen LogP) is 3.72. The van der Waals surface area contributed by atoms with Gasteiger partial charge >= 0.3 is 18.0 Å². The van der Waals surface area contributed by atoms with Gasteiger partial charge in [0, 0.05) is 32.6 Å². The van der Waals surface area contributed by atoms with Crippen LogP contribution in [-0.4, -0.2) is 86.4 Å². The summed E-state index contributed by atoms with van der Waals surface area (Å²) in [7, 11) is 1.44. The van der Waals surface area contributed by atoms with Gasteiger partial charge in [-0.15, -0.1) is 0 Å². The van der Waals surface area contributed by atoms with E-state index in [1.807, 2.05) is 19.9 Å². The number of rotatable bonds is 12. The van der Waals surface area contributed by atoms with Gasteiger partial charge in [0.2, 0.25) is 11.8 Å². The summed E-state index contributed by atoms with van der Waals surface area (Å²) in [4.78, 5) is 61.6. The number of nitrogens with one attached hydrogen (secondary N) is 2. The fraction of sp³-hybridized carbons (Fsp3) is 0.618. The average Bonchev–Trinajstić information content (AvgIpc) is 3.93. The molecule has 0 aromatic rings. The normalized spacial score (nSPS) is 31.1. The third-order valence-electron chi connectivity index (χ3n) is 7.74. The zero-order valence-electron chi connectivity index (χ0n) is 27.8. The summed E-state index contributed by atoms with van der Waals surface area (Å²) in [6.45, 7) is 7.36. The highest BCUT2D eigenvalue weighted by atomic mass is 16.7. The van der Waals surface area contributed by atoms with Gasteiger partial charge in [0.1, 0.15) is 24.5 Å². The fourth-order valence-corrected chi connectivity index (χ4v) is 5.15. The molecule has 0 aliphatic carbocycles. The van der Waals surface area contributed by atoms with Crippen LogP contribution in [0.15, 0.2) is 48.1 Å². The maximum Gasteiger partial charge on any atom is 0.414 e. The van der Waals surface area contributed by atoms with Crippen molar-refractivity contribution >= 4 is 29.8 Å². The van der Waals surface area contributed by atoms with Crippen molar-refractivity contribution in [3.63, 3.8) is 0 Å². The number of allylic oxidation sites excluding steroid dienone is 3. The molecule has 0 radical (unpaired) electrons. The number of cyclic esters (lactones) is 1. The van der Waals surface area contributed by atoms with Crippen molar-refractivity contribution < 1.29 is 52.4 Å². The van der Waals surface area contributed by atoms with Crippen molar-refractivity contribution in [2.75, 3.05) is 13.7 Å². The minimum absolute atomic E-state index is 0.220. The number of carbonyl (C=O) groups excluding carboxylic acids is 5. The van der Waals surface area contributed by atoms with Crippen molar-refractivity contribution in [2.24, 2.45) is 5.92 Å². The third kappa shape index (κ3) is 13.8. The van der Waals surface area contributed by atoms with Gasteiger partial charge in [-0.05, 0) is 38.2 Å².